The second-order valence-corrected chi connectivity index (χ2v) is 4.68. The number of amides is 1. The molecule has 2 rings (SSSR count). The Bertz CT molecular complexity index is 729. The van der Waals surface area contributed by atoms with Gasteiger partial charge in [-0.25, -0.2) is 0 Å². The molecule has 0 aliphatic heterocycles. The summed E-state index contributed by atoms with van der Waals surface area (Å²) < 4.78 is 13.2. The van der Waals surface area contributed by atoms with E-state index in [0.717, 1.165) is 23.3 Å². The zero-order chi connectivity index (χ0) is 15.6. The zero-order valence-corrected chi connectivity index (χ0v) is 11.5. The summed E-state index contributed by atoms with van der Waals surface area (Å²) in [5.74, 6) is -1.34. The van der Waals surface area contributed by atoms with Crippen LogP contribution in [-0.2, 0) is 0 Å². The van der Waals surface area contributed by atoms with Gasteiger partial charge in [0.2, 0.25) is 5.82 Å². The summed E-state index contributed by atoms with van der Waals surface area (Å²) in [4.78, 5) is 21.9. The zero-order valence-electron chi connectivity index (χ0n) is 11.5. The molecule has 2 aromatic carbocycles. The Labute approximate surface area is 120 Å². The first-order chi connectivity index (χ1) is 9.88. The number of carbonyl (C=O) groups is 1. The predicted octanol–water partition coefficient (Wildman–Crippen LogP) is 3.60. The minimum absolute atomic E-state index is 0.173. The quantitative estimate of drug-likeness (QED) is 0.692. The van der Waals surface area contributed by atoms with Crippen molar-refractivity contribution in [3.8, 4) is 0 Å². The minimum atomic E-state index is -0.941. The summed E-state index contributed by atoms with van der Waals surface area (Å²) in [5.41, 5.74) is 1.96. The molecule has 0 fully saturated rings. The van der Waals surface area contributed by atoms with Crippen molar-refractivity contribution >= 4 is 17.3 Å². The van der Waals surface area contributed by atoms with E-state index in [1.54, 1.807) is 12.1 Å². The highest BCUT2D eigenvalue weighted by molar-refractivity contribution is 6.04. The number of nitrogens with one attached hydrogen (secondary N) is 1. The maximum absolute atomic E-state index is 13.2. The number of hydrogen-bond acceptors (Lipinski definition) is 3. The van der Waals surface area contributed by atoms with Crippen LogP contribution in [0.4, 0.5) is 15.8 Å². The molecule has 1 N–H and O–H groups in total. The largest absolute Gasteiger partial charge is 0.322 e. The molecule has 0 atom stereocenters. The Morgan fingerprint density at radius 1 is 1.14 bits per heavy atom. The van der Waals surface area contributed by atoms with Gasteiger partial charge in [0.05, 0.1) is 4.92 Å². The Kier molecular flexibility index (Phi) is 3.98. The molecule has 0 aliphatic carbocycles. The van der Waals surface area contributed by atoms with Crippen molar-refractivity contribution in [2.45, 2.75) is 13.8 Å². The Hall–Kier alpha value is -2.76. The molecule has 5 nitrogen and oxygen atoms in total. The van der Waals surface area contributed by atoms with Gasteiger partial charge in [0.1, 0.15) is 0 Å². The molecule has 0 bridgehead atoms. The topological polar surface area (TPSA) is 72.2 Å². The fraction of sp³-hybridized carbons (Fsp3) is 0.133. The van der Waals surface area contributed by atoms with Gasteiger partial charge in [-0.05, 0) is 49.2 Å². The van der Waals surface area contributed by atoms with Crippen LogP contribution >= 0.6 is 0 Å². The van der Waals surface area contributed by atoms with Crippen molar-refractivity contribution in [2.75, 3.05) is 5.32 Å². The van der Waals surface area contributed by atoms with Crippen LogP contribution in [0.3, 0.4) is 0 Å². The minimum Gasteiger partial charge on any atom is -0.322 e. The summed E-state index contributed by atoms with van der Waals surface area (Å²) in [5, 5.41) is 13.2. The van der Waals surface area contributed by atoms with E-state index in [4.69, 9.17) is 0 Å². The smallest absolute Gasteiger partial charge is 0.306 e. The lowest BCUT2D eigenvalue weighted by atomic mass is 10.1. The van der Waals surface area contributed by atoms with Crippen LogP contribution in [0.15, 0.2) is 36.4 Å². The summed E-state index contributed by atoms with van der Waals surface area (Å²) in [6.45, 7) is 3.81. The Morgan fingerprint density at radius 3 is 2.48 bits per heavy atom. The average molecular weight is 288 g/mol. The number of benzene rings is 2. The summed E-state index contributed by atoms with van der Waals surface area (Å²) >= 11 is 0. The number of aryl methyl sites for hydroxylation is 2. The number of halogens is 1. The molecule has 108 valence electrons. The predicted molar refractivity (Wildman–Crippen MR) is 76.9 cm³/mol. The van der Waals surface area contributed by atoms with Crippen molar-refractivity contribution in [1.82, 2.24) is 0 Å². The van der Waals surface area contributed by atoms with Crippen LogP contribution in [0.25, 0.3) is 0 Å². The highest BCUT2D eigenvalue weighted by Gasteiger charge is 2.15. The molecule has 0 spiro atoms. The molecule has 0 unspecified atom stereocenters. The summed E-state index contributed by atoms with van der Waals surface area (Å²) in [6.07, 6.45) is 0. The van der Waals surface area contributed by atoms with E-state index in [9.17, 15) is 19.3 Å². The number of nitro benzene ring substituents is 1. The first kappa shape index (κ1) is 14.6. The third-order valence-corrected chi connectivity index (χ3v) is 3.17. The highest BCUT2D eigenvalue weighted by Crippen LogP contribution is 2.22. The third-order valence-electron chi connectivity index (χ3n) is 3.17. The first-order valence-corrected chi connectivity index (χ1v) is 6.21. The Balaban J connectivity index is 2.25. The average Bonchev–Trinajstić information content (AvgIpc) is 2.43. The molecule has 21 heavy (non-hydrogen) atoms. The van der Waals surface area contributed by atoms with Crippen LogP contribution in [0.2, 0.25) is 0 Å². The third kappa shape index (κ3) is 3.22. The van der Waals surface area contributed by atoms with E-state index in [1.807, 2.05) is 19.9 Å². The summed E-state index contributed by atoms with van der Waals surface area (Å²) in [6, 6.07) is 8.43. The standard InChI is InChI=1S/C15H13FN2O3/c1-9-3-4-11(7-10(9)2)15(19)17-12-5-6-13(16)14(8-12)18(20)21/h3-8H,1-2H3,(H,17,19). The maximum atomic E-state index is 13.2. The molecular weight excluding hydrogens is 275 g/mol. The number of nitro groups is 1. The lowest BCUT2D eigenvalue weighted by Crippen LogP contribution is -2.12. The van der Waals surface area contributed by atoms with Crippen LogP contribution in [0.5, 0.6) is 0 Å². The second-order valence-electron chi connectivity index (χ2n) is 4.68. The van der Waals surface area contributed by atoms with E-state index < -0.39 is 22.3 Å². The van der Waals surface area contributed by atoms with Crippen LogP contribution in [0, 0.1) is 29.8 Å². The van der Waals surface area contributed by atoms with Gasteiger partial charge < -0.3 is 5.32 Å². The van der Waals surface area contributed by atoms with Crippen molar-refractivity contribution < 1.29 is 14.1 Å². The number of rotatable bonds is 3. The van der Waals surface area contributed by atoms with Crippen molar-refractivity contribution in [1.29, 1.82) is 0 Å². The first-order valence-electron chi connectivity index (χ1n) is 6.21. The molecule has 0 aliphatic rings. The molecule has 0 aromatic heterocycles. The molecule has 2 aromatic rings. The highest BCUT2D eigenvalue weighted by atomic mass is 19.1. The van der Waals surface area contributed by atoms with Gasteiger partial charge in [-0.2, -0.15) is 4.39 Å². The van der Waals surface area contributed by atoms with Gasteiger partial charge >= 0.3 is 5.69 Å². The van der Waals surface area contributed by atoms with Gasteiger partial charge in [0, 0.05) is 17.3 Å². The van der Waals surface area contributed by atoms with E-state index in [0.29, 0.717) is 5.56 Å². The van der Waals surface area contributed by atoms with Crippen molar-refractivity contribution in [3.05, 3.63) is 69.0 Å². The van der Waals surface area contributed by atoms with E-state index >= 15 is 0 Å². The van der Waals surface area contributed by atoms with Gasteiger partial charge in [0.15, 0.2) is 0 Å². The van der Waals surface area contributed by atoms with Gasteiger partial charge in [-0.3, -0.25) is 14.9 Å². The van der Waals surface area contributed by atoms with Crippen LogP contribution in [-0.4, -0.2) is 10.8 Å². The molecule has 0 radical (unpaired) electrons. The number of nitrogens with zero attached hydrogens (tertiary/aromatic N) is 1. The van der Waals surface area contributed by atoms with E-state index in [2.05, 4.69) is 5.32 Å². The van der Waals surface area contributed by atoms with Gasteiger partial charge in [0.25, 0.3) is 5.91 Å². The number of carbonyl (C=O) groups excluding carboxylic acids is 1. The van der Waals surface area contributed by atoms with Gasteiger partial charge in [-0.15, -0.1) is 0 Å². The molecule has 0 saturated carbocycles. The molecule has 0 heterocycles. The molecule has 1 amide bonds. The van der Waals surface area contributed by atoms with Gasteiger partial charge in [-0.1, -0.05) is 6.07 Å². The molecule has 0 saturated heterocycles. The van der Waals surface area contributed by atoms with E-state index in [-0.39, 0.29) is 5.69 Å². The normalized spacial score (nSPS) is 10.2. The van der Waals surface area contributed by atoms with Crippen molar-refractivity contribution in [3.63, 3.8) is 0 Å². The van der Waals surface area contributed by atoms with Crippen LogP contribution in [0.1, 0.15) is 21.5 Å². The fourth-order valence-corrected chi connectivity index (χ4v) is 1.82. The molecular formula is C15H13FN2O3. The maximum Gasteiger partial charge on any atom is 0.306 e. The Morgan fingerprint density at radius 2 is 1.86 bits per heavy atom. The number of hydrogen-bond donors (Lipinski definition) is 1. The monoisotopic (exact) mass is 288 g/mol. The lowest BCUT2D eigenvalue weighted by molar-refractivity contribution is -0.387. The second kappa shape index (κ2) is 5.70. The van der Waals surface area contributed by atoms with Crippen molar-refractivity contribution in [2.24, 2.45) is 0 Å². The van der Waals surface area contributed by atoms with E-state index in [1.165, 1.54) is 6.07 Å². The SMILES string of the molecule is Cc1ccc(C(=O)Nc2ccc(F)c([N+](=O)[O-])c2)cc1C. The lowest BCUT2D eigenvalue weighted by Gasteiger charge is -2.07. The number of anilines is 1. The summed E-state index contributed by atoms with van der Waals surface area (Å²) in [7, 11) is 0. The fourth-order valence-electron chi connectivity index (χ4n) is 1.82. The molecule has 6 heteroatoms. The van der Waals surface area contributed by atoms with Crippen LogP contribution < -0.4 is 5.32 Å².